The lowest BCUT2D eigenvalue weighted by molar-refractivity contribution is 0.588. The standard InChI is InChI=1S/C13H21N3/c1-6-12(7-2)14-8-11-9-16(5)15-13(11)10(3)4/h1,9-10,12,14H,7-8H2,2-5H3. The van der Waals surface area contributed by atoms with Gasteiger partial charge in [0.1, 0.15) is 0 Å². The van der Waals surface area contributed by atoms with Crippen LogP contribution in [0.3, 0.4) is 0 Å². The van der Waals surface area contributed by atoms with E-state index in [2.05, 4.69) is 43.3 Å². The van der Waals surface area contributed by atoms with Crippen LogP contribution in [0.2, 0.25) is 0 Å². The number of nitrogens with zero attached hydrogens (tertiary/aromatic N) is 2. The van der Waals surface area contributed by atoms with E-state index in [0.29, 0.717) is 5.92 Å². The number of rotatable bonds is 5. The lowest BCUT2D eigenvalue weighted by Gasteiger charge is -2.11. The van der Waals surface area contributed by atoms with Gasteiger partial charge >= 0.3 is 0 Å². The molecule has 0 fully saturated rings. The monoisotopic (exact) mass is 219 g/mol. The highest BCUT2D eigenvalue weighted by Gasteiger charge is 2.11. The van der Waals surface area contributed by atoms with Crippen molar-refractivity contribution in [1.29, 1.82) is 0 Å². The molecule has 1 aromatic rings. The Hall–Kier alpha value is -1.27. The van der Waals surface area contributed by atoms with E-state index in [1.165, 1.54) is 5.56 Å². The molecule has 1 aromatic heterocycles. The van der Waals surface area contributed by atoms with Gasteiger partial charge in [0.2, 0.25) is 0 Å². The van der Waals surface area contributed by atoms with Crippen LogP contribution >= 0.6 is 0 Å². The first-order valence-corrected chi connectivity index (χ1v) is 5.80. The van der Waals surface area contributed by atoms with E-state index in [1.54, 1.807) is 0 Å². The first-order chi connectivity index (χ1) is 7.58. The highest BCUT2D eigenvalue weighted by atomic mass is 15.3. The molecular formula is C13H21N3. The van der Waals surface area contributed by atoms with Crippen molar-refractivity contribution in [1.82, 2.24) is 15.1 Å². The average molecular weight is 219 g/mol. The molecule has 88 valence electrons. The van der Waals surface area contributed by atoms with Crippen molar-refractivity contribution in [2.45, 2.75) is 45.7 Å². The van der Waals surface area contributed by atoms with E-state index < -0.39 is 0 Å². The summed E-state index contributed by atoms with van der Waals surface area (Å²) in [4.78, 5) is 0. The van der Waals surface area contributed by atoms with E-state index in [9.17, 15) is 0 Å². The fourth-order valence-corrected chi connectivity index (χ4v) is 1.73. The van der Waals surface area contributed by atoms with Crippen LogP contribution in [0, 0.1) is 12.3 Å². The van der Waals surface area contributed by atoms with Crippen molar-refractivity contribution in [3.8, 4) is 12.3 Å². The molecule has 3 heteroatoms. The molecule has 0 saturated heterocycles. The van der Waals surface area contributed by atoms with Crippen molar-refractivity contribution in [3.05, 3.63) is 17.5 Å². The van der Waals surface area contributed by atoms with E-state index in [4.69, 9.17) is 6.42 Å². The Bertz CT molecular complexity index is 371. The van der Waals surface area contributed by atoms with Gasteiger partial charge in [0.25, 0.3) is 0 Å². The number of hydrogen-bond donors (Lipinski definition) is 1. The molecule has 0 spiro atoms. The summed E-state index contributed by atoms with van der Waals surface area (Å²) in [6, 6.07) is 0.153. The van der Waals surface area contributed by atoms with Crippen molar-refractivity contribution < 1.29 is 0 Å². The zero-order valence-corrected chi connectivity index (χ0v) is 10.6. The molecule has 0 aliphatic rings. The third-order valence-electron chi connectivity index (χ3n) is 2.63. The van der Waals surface area contributed by atoms with Crippen LogP contribution in [0.5, 0.6) is 0 Å². The Morgan fingerprint density at radius 2 is 2.25 bits per heavy atom. The van der Waals surface area contributed by atoms with Crippen LogP contribution in [-0.4, -0.2) is 15.8 Å². The smallest absolute Gasteiger partial charge is 0.0694 e. The summed E-state index contributed by atoms with van der Waals surface area (Å²) in [6.07, 6.45) is 8.43. The van der Waals surface area contributed by atoms with E-state index >= 15 is 0 Å². The Morgan fingerprint density at radius 3 is 2.75 bits per heavy atom. The second-order valence-corrected chi connectivity index (χ2v) is 4.38. The number of hydrogen-bond acceptors (Lipinski definition) is 2. The second kappa shape index (κ2) is 5.72. The molecule has 0 aliphatic carbocycles. The second-order valence-electron chi connectivity index (χ2n) is 4.38. The Morgan fingerprint density at radius 1 is 1.56 bits per heavy atom. The minimum Gasteiger partial charge on any atom is -0.299 e. The third kappa shape index (κ3) is 3.11. The Labute approximate surface area is 98.2 Å². The van der Waals surface area contributed by atoms with Gasteiger partial charge in [-0.25, -0.2) is 0 Å². The molecule has 0 radical (unpaired) electrons. The molecule has 3 nitrogen and oxygen atoms in total. The van der Waals surface area contributed by atoms with Gasteiger partial charge in [-0.2, -0.15) is 5.10 Å². The number of terminal acetylenes is 1. The molecular weight excluding hydrogens is 198 g/mol. The van der Waals surface area contributed by atoms with E-state index in [-0.39, 0.29) is 6.04 Å². The largest absolute Gasteiger partial charge is 0.299 e. The van der Waals surface area contributed by atoms with Gasteiger partial charge in [-0.05, 0) is 12.3 Å². The van der Waals surface area contributed by atoms with Crippen LogP contribution in [0.1, 0.15) is 44.4 Å². The normalized spacial score (nSPS) is 12.8. The molecule has 1 rings (SSSR count). The number of nitrogens with one attached hydrogen (secondary N) is 1. The molecule has 1 unspecified atom stereocenters. The van der Waals surface area contributed by atoms with Crippen molar-refractivity contribution in [2.75, 3.05) is 0 Å². The lowest BCUT2D eigenvalue weighted by atomic mass is 10.1. The van der Waals surface area contributed by atoms with Crippen LogP contribution in [-0.2, 0) is 13.6 Å². The predicted octanol–water partition coefficient (Wildman–Crippen LogP) is 2.04. The molecule has 0 aromatic carbocycles. The summed E-state index contributed by atoms with van der Waals surface area (Å²) in [5.74, 6) is 3.19. The average Bonchev–Trinajstić information content (AvgIpc) is 2.61. The fourth-order valence-electron chi connectivity index (χ4n) is 1.73. The molecule has 0 aliphatic heterocycles. The van der Waals surface area contributed by atoms with Crippen molar-refractivity contribution in [2.24, 2.45) is 7.05 Å². The van der Waals surface area contributed by atoms with Gasteiger partial charge < -0.3 is 0 Å². The van der Waals surface area contributed by atoms with Crippen LogP contribution < -0.4 is 5.32 Å². The molecule has 16 heavy (non-hydrogen) atoms. The molecule has 0 bridgehead atoms. The minimum absolute atomic E-state index is 0.153. The molecule has 1 N–H and O–H groups in total. The summed E-state index contributed by atoms with van der Waals surface area (Å²) in [6.45, 7) is 7.20. The zero-order chi connectivity index (χ0) is 12.1. The topological polar surface area (TPSA) is 29.9 Å². The Balaban J connectivity index is 2.70. The van der Waals surface area contributed by atoms with Gasteiger partial charge in [0.15, 0.2) is 0 Å². The highest BCUT2D eigenvalue weighted by Crippen LogP contribution is 2.17. The maximum atomic E-state index is 5.42. The summed E-state index contributed by atoms with van der Waals surface area (Å²) in [7, 11) is 1.95. The van der Waals surface area contributed by atoms with Crippen LogP contribution in [0.4, 0.5) is 0 Å². The van der Waals surface area contributed by atoms with Gasteiger partial charge in [-0.15, -0.1) is 6.42 Å². The van der Waals surface area contributed by atoms with E-state index in [0.717, 1.165) is 18.7 Å². The summed E-state index contributed by atoms with van der Waals surface area (Å²) < 4.78 is 1.86. The predicted molar refractivity (Wildman–Crippen MR) is 67.0 cm³/mol. The van der Waals surface area contributed by atoms with Crippen LogP contribution in [0.15, 0.2) is 6.20 Å². The quantitative estimate of drug-likeness (QED) is 0.768. The first kappa shape index (κ1) is 12.8. The SMILES string of the molecule is C#CC(CC)NCc1cn(C)nc1C(C)C. The first-order valence-electron chi connectivity index (χ1n) is 5.80. The maximum Gasteiger partial charge on any atom is 0.0694 e. The number of aryl methyl sites for hydroxylation is 1. The molecule has 0 saturated carbocycles. The Kier molecular flexibility index (Phi) is 4.57. The van der Waals surface area contributed by atoms with Gasteiger partial charge in [0, 0.05) is 25.4 Å². The summed E-state index contributed by atoms with van der Waals surface area (Å²) >= 11 is 0. The van der Waals surface area contributed by atoms with Gasteiger partial charge in [-0.3, -0.25) is 10.00 Å². The lowest BCUT2D eigenvalue weighted by Crippen LogP contribution is -2.26. The highest BCUT2D eigenvalue weighted by molar-refractivity contribution is 5.20. The number of aromatic nitrogens is 2. The fraction of sp³-hybridized carbons (Fsp3) is 0.615. The van der Waals surface area contributed by atoms with E-state index in [1.807, 2.05) is 11.7 Å². The molecule has 1 heterocycles. The third-order valence-corrected chi connectivity index (χ3v) is 2.63. The van der Waals surface area contributed by atoms with Gasteiger partial charge in [0.05, 0.1) is 11.7 Å². The summed E-state index contributed by atoms with van der Waals surface area (Å²) in [5, 5.41) is 7.82. The minimum atomic E-state index is 0.153. The van der Waals surface area contributed by atoms with Crippen LogP contribution in [0.25, 0.3) is 0 Å². The summed E-state index contributed by atoms with van der Waals surface area (Å²) in [5.41, 5.74) is 2.40. The maximum absolute atomic E-state index is 5.42. The van der Waals surface area contributed by atoms with Crippen molar-refractivity contribution >= 4 is 0 Å². The molecule has 1 atom stereocenters. The molecule has 0 amide bonds. The van der Waals surface area contributed by atoms with Crippen molar-refractivity contribution in [3.63, 3.8) is 0 Å². The van der Waals surface area contributed by atoms with Gasteiger partial charge in [-0.1, -0.05) is 26.7 Å². The zero-order valence-electron chi connectivity index (χ0n) is 10.6.